The number of amides is 2. The first-order chi connectivity index (χ1) is 11.2. The first-order valence-corrected chi connectivity index (χ1v) is 7.79. The highest BCUT2D eigenvalue weighted by atomic mass is 16.2. The van der Waals surface area contributed by atoms with Gasteiger partial charge in [-0.1, -0.05) is 32.0 Å². The second-order valence-corrected chi connectivity index (χ2v) is 5.15. The summed E-state index contributed by atoms with van der Waals surface area (Å²) in [7, 11) is 0. The molecule has 0 saturated carbocycles. The standard InChI is InChI=1S/C18H21N3O2/c1-3-10-20-17(22)14-9-11-19-16(12-14)18(23)21-15-8-6-5-7-13(15)4-2/h5-9,11-12H,3-4,10H2,1-2H3,(H,20,22)(H,21,23). The molecule has 2 amide bonds. The molecular weight excluding hydrogens is 290 g/mol. The molecule has 5 heteroatoms. The largest absolute Gasteiger partial charge is 0.352 e. The summed E-state index contributed by atoms with van der Waals surface area (Å²) in [4.78, 5) is 28.4. The van der Waals surface area contributed by atoms with Crippen molar-refractivity contribution in [3.63, 3.8) is 0 Å². The topological polar surface area (TPSA) is 71.1 Å². The number of para-hydroxylation sites is 1. The van der Waals surface area contributed by atoms with E-state index in [1.807, 2.05) is 38.1 Å². The fourth-order valence-electron chi connectivity index (χ4n) is 2.17. The van der Waals surface area contributed by atoms with Crippen LogP contribution in [0.5, 0.6) is 0 Å². The maximum Gasteiger partial charge on any atom is 0.274 e. The zero-order valence-corrected chi connectivity index (χ0v) is 13.4. The summed E-state index contributed by atoms with van der Waals surface area (Å²) in [6.45, 7) is 4.62. The Kier molecular flexibility index (Phi) is 5.86. The molecule has 2 rings (SSSR count). The highest BCUT2D eigenvalue weighted by Crippen LogP contribution is 2.16. The van der Waals surface area contributed by atoms with Crippen LogP contribution < -0.4 is 10.6 Å². The van der Waals surface area contributed by atoms with Crippen LogP contribution in [-0.2, 0) is 6.42 Å². The van der Waals surface area contributed by atoms with Gasteiger partial charge in [0.15, 0.2) is 0 Å². The molecule has 0 saturated heterocycles. The molecule has 0 atom stereocenters. The zero-order valence-electron chi connectivity index (χ0n) is 13.4. The van der Waals surface area contributed by atoms with Crippen molar-refractivity contribution >= 4 is 17.5 Å². The van der Waals surface area contributed by atoms with E-state index >= 15 is 0 Å². The van der Waals surface area contributed by atoms with Crippen LogP contribution in [0.15, 0.2) is 42.6 Å². The van der Waals surface area contributed by atoms with Gasteiger partial charge in [-0.3, -0.25) is 14.6 Å². The lowest BCUT2D eigenvalue weighted by Gasteiger charge is -2.10. The molecule has 0 fully saturated rings. The van der Waals surface area contributed by atoms with Crippen molar-refractivity contribution in [1.29, 1.82) is 0 Å². The summed E-state index contributed by atoms with van der Waals surface area (Å²) in [5.41, 5.74) is 2.47. The maximum absolute atomic E-state index is 12.4. The molecule has 0 aliphatic heterocycles. The summed E-state index contributed by atoms with van der Waals surface area (Å²) in [6.07, 6.45) is 3.16. The highest BCUT2D eigenvalue weighted by molar-refractivity contribution is 6.05. The third kappa shape index (κ3) is 4.39. The Balaban J connectivity index is 2.15. The van der Waals surface area contributed by atoms with E-state index in [4.69, 9.17) is 0 Å². The molecular formula is C18H21N3O2. The van der Waals surface area contributed by atoms with E-state index in [9.17, 15) is 9.59 Å². The molecule has 1 aromatic heterocycles. The molecule has 0 bridgehead atoms. The number of carbonyl (C=O) groups excluding carboxylic acids is 2. The van der Waals surface area contributed by atoms with Gasteiger partial charge in [0.2, 0.25) is 0 Å². The number of nitrogens with zero attached hydrogens (tertiary/aromatic N) is 1. The molecule has 2 aromatic rings. The van der Waals surface area contributed by atoms with E-state index < -0.39 is 0 Å². The van der Waals surface area contributed by atoms with Gasteiger partial charge in [0.25, 0.3) is 11.8 Å². The Labute approximate surface area is 136 Å². The third-order valence-corrected chi connectivity index (χ3v) is 3.44. The van der Waals surface area contributed by atoms with Crippen molar-refractivity contribution < 1.29 is 9.59 Å². The second-order valence-electron chi connectivity index (χ2n) is 5.15. The molecule has 0 unspecified atom stereocenters. The molecule has 0 radical (unpaired) electrons. The number of rotatable bonds is 6. The van der Waals surface area contributed by atoms with Crippen molar-refractivity contribution in [3.05, 3.63) is 59.4 Å². The van der Waals surface area contributed by atoms with Crippen LogP contribution in [0.2, 0.25) is 0 Å². The fourth-order valence-corrected chi connectivity index (χ4v) is 2.17. The lowest BCUT2D eigenvalue weighted by molar-refractivity contribution is 0.0953. The van der Waals surface area contributed by atoms with E-state index in [0.717, 1.165) is 24.1 Å². The summed E-state index contributed by atoms with van der Waals surface area (Å²) in [5, 5.41) is 5.64. The first-order valence-electron chi connectivity index (χ1n) is 7.79. The molecule has 2 N–H and O–H groups in total. The Morgan fingerprint density at radius 3 is 2.61 bits per heavy atom. The number of aromatic nitrogens is 1. The maximum atomic E-state index is 12.4. The van der Waals surface area contributed by atoms with Gasteiger partial charge in [-0.15, -0.1) is 0 Å². The first kappa shape index (κ1) is 16.7. The van der Waals surface area contributed by atoms with Crippen LogP contribution >= 0.6 is 0 Å². The summed E-state index contributed by atoms with van der Waals surface area (Å²) < 4.78 is 0. The molecule has 23 heavy (non-hydrogen) atoms. The van der Waals surface area contributed by atoms with Crippen LogP contribution in [-0.4, -0.2) is 23.3 Å². The average Bonchev–Trinajstić information content (AvgIpc) is 2.60. The molecule has 0 spiro atoms. The van der Waals surface area contributed by atoms with E-state index in [1.165, 1.54) is 12.3 Å². The van der Waals surface area contributed by atoms with Crippen molar-refractivity contribution in [3.8, 4) is 0 Å². The molecule has 120 valence electrons. The molecule has 1 heterocycles. The predicted octanol–water partition coefficient (Wildman–Crippen LogP) is 3.04. The van der Waals surface area contributed by atoms with Gasteiger partial charge in [0, 0.05) is 24.0 Å². The van der Waals surface area contributed by atoms with Gasteiger partial charge < -0.3 is 10.6 Å². The SMILES string of the molecule is CCCNC(=O)c1ccnc(C(=O)Nc2ccccc2CC)c1. The number of hydrogen-bond acceptors (Lipinski definition) is 3. The summed E-state index contributed by atoms with van der Waals surface area (Å²) in [6, 6.07) is 10.7. The second kappa shape index (κ2) is 8.08. The van der Waals surface area contributed by atoms with Crippen LogP contribution in [0.1, 0.15) is 46.7 Å². The van der Waals surface area contributed by atoms with Crippen LogP contribution in [0.3, 0.4) is 0 Å². The third-order valence-electron chi connectivity index (χ3n) is 3.44. The van der Waals surface area contributed by atoms with Gasteiger partial charge in [0.05, 0.1) is 0 Å². The molecule has 0 aliphatic carbocycles. The monoisotopic (exact) mass is 311 g/mol. The van der Waals surface area contributed by atoms with Crippen molar-refractivity contribution in [2.45, 2.75) is 26.7 Å². The molecule has 0 aliphatic rings. The zero-order chi connectivity index (χ0) is 16.7. The quantitative estimate of drug-likeness (QED) is 0.861. The van der Waals surface area contributed by atoms with Crippen LogP contribution in [0, 0.1) is 0 Å². The van der Waals surface area contributed by atoms with Gasteiger partial charge in [0.1, 0.15) is 5.69 Å². The van der Waals surface area contributed by atoms with Gasteiger partial charge in [-0.2, -0.15) is 0 Å². The van der Waals surface area contributed by atoms with Crippen LogP contribution in [0.25, 0.3) is 0 Å². The van der Waals surface area contributed by atoms with E-state index in [2.05, 4.69) is 15.6 Å². The van der Waals surface area contributed by atoms with E-state index in [1.54, 1.807) is 6.07 Å². The average molecular weight is 311 g/mol. The number of anilines is 1. The van der Waals surface area contributed by atoms with E-state index in [0.29, 0.717) is 12.1 Å². The summed E-state index contributed by atoms with van der Waals surface area (Å²) in [5.74, 6) is -0.520. The van der Waals surface area contributed by atoms with Gasteiger partial charge >= 0.3 is 0 Å². The van der Waals surface area contributed by atoms with Gasteiger partial charge in [-0.25, -0.2) is 0 Å². The minimum Gasteiger partial charge on any atom is -0.352 e. The van der Waals surface area contributed by atoms with Crippen molar-refractivity contribution in [1.82, 2.24) is 10.3 Å². The number of hydrogen-bond donors (Lipinski definition) is 2. The van der Waals surface area contributed by atoms with Crippen molar-refractivity contribution in [2.24, 2.45) is 0 Å². The summed E-state index contributed by atoms with van der Waals surface area (Å²) >= 11 is 0. The van der Waals surface area contributed by atoms with Gasteiger partial charge in [-0.05, 0) is 36.6 Å². The minimum atomic E-state index is -0.323. The number of carbonyl (C=O) groups is 2. The molecule has 1 aromatic carbocycles. The Bertz CT molecular complexity index is 698. The number of nitrogens with one attached hydrogen (secondary N) is 2. The number of pyridine rings is 1. The van der Waals surface area contributed by atoms with Crippen molar-refractivity contribution in [2.75, 3.05) is 11.9 Å². The minimum absolute atomic E-state index is 0.197. The lowest BCUT2D eigenvalue weighted by atomic mass is 10.1. The Hall–Kier alpha value is -2.69. The number of aryl methyl sites for hydroxylation is 1. The predicted molar refractivity (Wildman–Crippen MR) is 90.6 cm³/mol. The Morgan fingerprint density at radius 2 is 1.87 bits per heavy atom. The van der Waals surface area contributed by atoms with Crippen LogP contribution in [0.4, 0.5) is 5.69 Å². The normalized spacial score (nSPS) is 10.2. The Morgan fingerprint density at radius 1 is 1.09 bits per heavy atom. The smallest absolute Gasteiger partial charge is 0.274 e. The highest BCUT2D eigenvalue weighted by Gasteiger charge is 2.12. The lowest BCUT2D eigenvalue weighted by Crippen LogP contribution is -2.24. The van der Waals surface area contributed by atoms with E-state index in [-0.39, 0.29) is 17.5 Å². The fraction of sp³-hybridized carbons (Fsp3) is 0.278. The molecule has 5 nitrogen and oxygen atoms in total. The number of benzene rings is 1.